The first kappa shape index (κ1) is 15.8. The number of hydrogen-bond acceptors (Lipinski definition) is 2. The van der Waals surface area contributed by atoms with Gasteiger partial charge in [-0.25, -0.2) is 0 Å². The number of rotatable bonds is 6. The summed E-state index contributed by atoms with van der Waals surface area (Å²) in [4.78, 5) is 11.6. The second-order valence-corrected chi connectivity index (χ2v) is 5.69. The molecule has 2 N–H and O–H groups in total. The van der Waals surface area contributed by atoms with Gasteiger partial charge in [0.15, 0.2) is 0 Å². The maximum atomic E-state index is 11.6. The number of carbonyl (C=O) groups is 1. The largest absolute Gasteiger partial charge is 0.356 e. The third-order valence-corrected chi connectivity index (χ3v) is 4.29. The van der Waals surface area contributed by atoms with Crippen LogP contribution in [0.1, 0.15) is 51.4 Å². The molecule has 2 fully saturated rings. The fourth-order valence-corrected chi connectivity index (χ4v) is 3.10. The lowest BCUT2D eigenvalue weighted by Gasteiger charge is -2.11. The van der Waals surface area contributed by atoms with Crippen molar-refractivity contribution >= 4 is 18.3 Å². The van der Waals surface area contributed by atoms with E-state index in [0.29, 0.717) is 0 Å². The molecule has 106 valence electrons. The zero-order valence-electron chi connectivity index (χ0n) is 11.2. The molecule has 4 heteroatoms. The monoisotopic (exact) mass is 274 g/mol. The summed E-state index contributed by atoms with van der Waals surface area (Å²) in [6.07, 6.45) is 9.76. The van der Waals surface area contributed by atoms with Crippen molar-refractivity contribution in [1.82, 2.24) is 10.6 Å². The summed E-state index contributed by atoms with van der Waals surface area (Å²) in [5.74, 6) is 1.87. The van der Waals surface area contributed by atoms with Crippen molar-refractivity contribution < 1.29 is 4.79 Å². The average molecular weight is 275 g/mol. The topological polar surface area (TPSA) is 41.1 Å². The van der Waals surface area contributed by atoms with Gasteiger partial charge in [-0.2, -0.15) is 0 Å². The summed E-state index contributed by atoms with van der Waals surface area (Å²) >= 11 is 0. The van der Waals surface area contributed by atoms with Crippen LogP contribution in [0.3, 0.4) is 0 Å². The molecule has 2 aliphatic rings. The van der Waals surface area contributed by atoms with Gasteiger partial charge in [0.1, 0.15) is 0 Å². The van der Waals surface area contributed by atoms with Gasteiger partial charge in [0.2, 0.25) is 5.91 Å². The van der Waals surface area contributed by atoms with E-state index in [2.05, 4.69) is 10.6 Å². The van der Waals surface area contributed by atoms with Crippen LogP contribution in [0.5, 0.6) is 0 Å². The van der Waals surface area contributed by atoms with Gasteiger partial charge in [0, 0.05) is 13.0 Å². The zero-order chi connectivity index (χ0) is 11.9. The van der Waals surface area contributed by atoms with Crippen molar-refractivity contribution in [3.8, 4) is 0 Å². The minimum Gasteiger partial charge on any atom is -0.356 e. The lowest BCUT2D eigenvalue weighted by molar-refractivity contribution is -0.121. The summed E-state index contributed by atoms with van der Waals surface area (Å²) in [6, 6.07) is 0. The van der Waals surface area contributed by atoms with Gasteiger partial charge in [0.25, 0.3) is 0 Å². The van der Waals surface area contributed by atoms with E-state index in [1.54, 1.807) is 0 Å². The summed E-state index contributed by atoms with van der Waals surface area (Å²) in [5, 5.41) is 6.42. The second kappa shape index (κ2) is 8.76. The number of amides is 1. The molecule has 3 nitrogen and oxygen atoms in total. The van der Waals surface area contributed by atoms with E-state index >= 15 is 0 Å². The third kappa shape index (κ3) is 5.57. The molecule has 1 saturated heterocycles. The molecule has 0 radical (unpaired) electrons. The van der Waals surface area contributed by atoms with E-state index in [1.165, 1.54) is 38.5 Å². The van der Waals surface area contributed by atoms with E-state index in [1.807, 2.05) is 0 Å². The van der Waals surface area contributed by atoms with E-state index in [4.69, 9.17) is 0 Å². The molecule has 1 amide bonds. The highest BCUT2D eigenvalue weighted by Gasteiger charge is 2.16. The Labute approximate surface area is 117 Å². The fraction of sp³-hybridized carbons (Fsp3) is 0.929. The van der Waals surface area contributed by atoms with Crippen LogP contribution in [0.4, 0.5) is 0 Å². The Morgan fingerprint density at radius 3 is 2.56 bits per heavy atom. The van der Waals surface area contributed by atoms with Gasteiger partial charge >= 0.3 is 0 Å². The Morgan fingerprint density at radius 1 is 1.11 bits per heavy atom. The van der Waals surface area contributed by atoms with Crippen LogP contribution >= 0.6 is 12.4 Å². The van der Waals surface area contributed by atoms with E-state index < -0.39 is 0 Å². The Kier molecular flexibility index (Phi) is 7.68. The summed E-state index contributed by atoms with van der Waals surface area (Å²) < 4.78 is 0. The number of halogens is 1. The van der Waals surface area contributed by atoms with Gasteiger partial charge < -0.3 is 10.6 Å². The fourth-order valence-electron chi connectivity index (χ4n) is 3.10. The average Bonchev–Trinajstić information content (AvgIpc) is 2.99. The Morgan fingerprint density at radius 2 is 1.89 bits per heavy atom. The minimum atomic E-state index is 0. The molecule has 2 rings (SSSR count). The lowest BCUT2D eigenvalue weighted by Crippen LogP contribution is -2.26. The molecular formula is C14H27ClN2O. The lowest BCUT2D eigenvalue weighted by atomic mass is 10.0. The molecule has 0 spiro atoms. The molecule has 0 aromatic carbocycles. The number of nitrogens with one attached hydrogen (secondary N) is 2. The molecule has 1 atom stereocenters. The van der Waals surface area contributed by atoms with Gasteiger partial charge in [-0.1, -0.05) is 25.7 Å². The first-order valence-electron chi connectivity index (χ1n) is 7.32. The van der Waals surface area contributed by atoms with Crippen LogP contribution in [0.25, 0.3) is 0 Å². The zero-order valence-corrected chi connectivity index (χ0v) is 12.1. The molecule has 1 saturated carbocycles. The van der Waals surface area contributed by atoms with Gasteiger partial charge in [-0.3, -0.25) is 4.79 Å². The van der Waals surface area contributed by atoms with Gasteiger partial charge in [-0.05, 0) is 44.2 Å². The first-order valence-corrected chi connectivity index (χ1v) is 7.32. The predicted molar refractivity (Wildman–Crippen MR) is 77.0 cm³/mol. The van der Waals surface area contributed by atoms with Crippen molar-refractivity contribution in [2.45, 2.75) is 51.4 Å². The van der Waals surface area contributed by atoms with Crippen LogP contribution in [-0.4, -0.2) is 25.5 Å². The van der Waals surface area contributed by atoms with Crippen LogP contribution in [0, 0.1) is 11.8 Å². The van der Waals surface area contributed by atoms with E-state index in [-0.39, 0.29) is 18.3 Å². The molecule has 1 aliphatic heterocycles. The van der Waals surface area contributed by atoms with Gasteiger partial charge in [0.05, 0.1) is 0 Å². The van der Waals surface area contributed by atoms with Crippen LogP contribution in [0.15, 0.2) is 0 Å². The molecule has 1 heterocycles. The van der Waals surface area contributed by atoms with Crippen LogP contribution in [0.2, 0.25) is 0 Å². The van der Waals surface area contributed by atoms with Crippen LogP contribution in [-0.2, 0) is 4.79 Å². The normalized spacial score (nSPS) is 23.9. The summed E-state index contributed by atoms with van der Waals surface area (Å²) in [5.41, 5.74) is 0. The van der Waals surface area contributed by atoms with Crippen molar-refractivity contribution in [3.63, 3.8) is 0 Å². The Hall–Kier alpha value is -0.280. The quantitative estimate of drug-likeness (QED) is 0.781. The van der Waals surface area contributed by atoms with Crippen molar-refractivity contribution in [1.29, 1.82) is 0 Å². The molecular weight excluding hydrogens is 248 g/mol. The minimum absolute atomic E-state index is 0. The third-order valence-electron chi connectivity index (χ3n) is 4.29. The molecule has 1 unspecified atom stereocenters. The Balaban J connectivity index is 0.00000162. The molecule has 18 heavy (non-hydrogen) atoms. The van der Waals surface area contributed by atoms with E-state index in [0.717, 1.165) is 44.3 Å². The first-order chi connectivity index (χ1) is 8.34. The number of carbonyl (C=O) groups excluding carboxylic acids is 1. The predicted octanol–water partition coefficient (Wildman–Crippen LogP) is 2.49. The molecule has 0 aromatic rings. The molecule has 1 aliphatic carbocycles. The maximum absolute atomic E-state index is 11.6. The highest BCUT2D eigenvalue weighted by molar-refractivity contribution is 5.85. The maximum Gasteiger partial charge on any atom is 0.220 e. The van der Waals surface area contributed by atoms with Crippen molar-refractivity contribution in [3.05, 3.63) is 0 Å². The summed E-state index contributed by atoms with van der Waals surface area (Å²) in [6.45, 7) is 3.13. The molecule has 0 bridgehead atoms. The molecule has 0 aromatic heterocycles. The van der Waals surface area contributed by atoms with Crippen molar-refractivity contribution in [2.75, 3.05) is 19.6 Å². The van der Waals surface area contributed by atoms with Gasteiger partial charge in [-0.15, -0.1) is 12.4 Å². The van der Waals surface area contributed by atoms with Crippen LogP contribution < -0.4 is 10.6 Å². The second-order valence-electron chi connectivity index (χ2n) is 5.69. The van der Waals surface area contributed by atoms with Crippen molar-refractivity contribution in [2.24, 2.45) is 11.8 Å². The summed E-state index contributed by atoms with van der Waals surface area (Å²) in [7, 11) is 0. The Bertz CT molecular complexity index is 236. The highest BCUT2D eigenvalue weighted by Crippen LogP contribution is 2.26. The highest BCUT2D eigenvalue weighted by atomic mass is 35.5. The smallest absolute Gasteiger partial charge is 0.220 e. The van der Waals surface area contributed by atoms with E-state index in [9.17, 15) is 4.79 Å². The SMILES string of the molecule is Cl.O=C(CCC1CCNC1)NCCC1CCCC1. The standard InChI is InChI=1S/C14H26N2O.ClH/c17-14(6-5-13-7-9-15-11-13)16-10-8-12-3-1-2-4-12;/h12-13,15H,1-11H2,(H,16,17);1H. The number of hydrogen-bond donors (Lipinski definition) is 2.